The van der Waals surface area contributed by atoms with Crippen molar-refractivity contribution in [3.63, 3.8) is 0 Å². The molecule has 4 nitrogen and oxygen atoms in total. The molecule has 0 aliphatic carbocycles. The predicted molar refractivity (Wildman–Crippen MR) is 35.2 cm³/mol. The molecule has 0 bridgehead atoms. The summed E-state index contributed by atoms with van der Waals surface area (Å²) in [7, 11) is 0. The molecule has 0 unspecified atom stereocenters. The number of aliphatic carboxylic acids is 1. The van der Waals surface area contributed by atoms with Crippen molar-refractivity contribution in [1.82, 2.24) is 5.32 Å². The van der Waals surface area contributed by atoms with Crippen LogP contribution in [0.2, 0.25) is 0 Å². The van der Waals surface area contributed by atoms with Crippen LogP contribution in [0.3, 0.4) is 0 Å². The number of hydrogen-bond donors (Lipinski definition) is 2. The maximum atomic E-state index is 10.2. The quantitative estimate of drug-likeness (QED) is 0.433. The Hall–Kier alpha value is -1.32. The van der Waals surface area contributed by atoms with E-state index in [1.165, 1.54) is 6.08 Å². The molecule has 0 spiro atoms. The Kier molecular flexibility index (Phi) is 3.95. The lowest BCUT2D eigenvalue weighted by Gasteiger charge is -1.96. The molecule has 0 radical (unpaired) electrons. The van der Waals surface area contributed by atoms with Crippen LogP contribution in [0.4, 0.5) is 0 Å². The summed E-state index contributed by atoms with van der Waals surface area (Å²) in [5.74, 6) is -1.12. The van der Waals surface area contributed by atoms with E-state index in [4.69, 9.17) is 5.11 Å². The molecule has 0 fully saturated rings. The Balaban J connectivity index is 4.10. The molecule has 0 saturated carbocycles. The first kappa shape index (κ1) is 8.68. The van der Waals surface area contributed by atoms with E-state index >= 15 is 0 Å². The SMILES string of the molecule is CCC=C(NC=O)C(=O)O. The summed E-state index contributed by atoms with van der Waals surface area (Å²) >= 11 is 0. The lowest BCUT2D eigenvalue weighted by Crippen LogP contribution is -2.18. The molecule has 0 aromatic rings. The van der Waals surface area contributed by atoms with Crippen molar-refractivity contribution < 1.29 is 14.7 Å². The Morgan fingerprint density at radius 1 is 1.70 bits per heavy atom. The molecule has 0 aromatic heterocycles. The summed E-state index contributed by atoms with van der Waals surface area (Å²) in [5, 5.41) is 10.4. The van der Waals surface area contributed by atoms with E-state index in [-0.39, 0.29) is 5.70 Å². The number of carboxylic acid groups (broad SMARTS) is 1. The molecule has 0 heterocycles. The lowest BCUT2D eigenvalue weighted by molar-refractivity contribution is -0.133. The minimum absolute atomic E-state index is 0.0718. The maximum absolute atomic E-state index is 10.2. The van der Waals surface area contributed by atoms with Gasteiger partial charge in [0.15, 0.2) is 0 Å². The first-order valence-electron chi connectivity index (χ1n) is 2.86. The summed E-state index contributed by atoms with van der Waals surface area (Å²) in [6.07, 6.45) is 2.36. The molecule has 0 aliphatic rings. The van der Waals surface area contributed by atoms with Gasteiger partial charge in [-0.15, -0.1) is 0 Å². The second-order valence-electron chi connectivity index (χ2n) is 1.59. The Morgan fingerprint density at radius 3 is 2.60 bits per heavy atom. The monoisotopic (exact) mass is 143 g/mol. The number of carboxylic acids is 1. The van der Waals surface area contributed by atoms with Gasteiger partial charge in [-0.3, -0.25) is 4.79 Å². The van der Waals surface area contributed by atoms with Gasteiger partial charge in [0.2, 0.25) is 6.41 Å². The van der Waals surface area contributed by atoms with Crippen LogP contribution in [-0.2, 0) is 9.59 Å². The van der Waals surface area contributed by atoms with Crippen molar-refractivity contribution in [2.75, 3.05) is 0 Å². The molecule has 1 amide bonds. The second kappa shape index (κ2) is 4.55. The van der Waals surface area contributed by atoms with Gasteiger partial charge in [0.25, 0.3) is 0 Å². The van der Waals surface area contributed by atoms with Gasteiger partial charge in [0.1, 0.15) is 5.70 Å². The topological polar surface area (TPSA) is 66.4 Å². The molecule has 2 N–H and O–H groups in total. The fourth-order valence-electron chi connectivity index (χ4n) is 0.476. The Labute approximate surface area is 58.5 Å². The molecule has 0 saturated heterocycles. The second-order valence-corrected chi connectivity index (χ2v) is 1.59. The molecule has 0 rings (SSSR count). The first-order valence-corrected chi connectivity index (χ1v) is 2.86. The number of carbonyl (C=O) groups is 2. The fourth-order valence-corrected chi connectivity index (χ4v) is 0.476. The van der Waals surface area contributed by atoms with Crippen molar-refractivity contribution in [3.8, 4) is 0 Å². The minimum atomic E-state index is -1.12. The van der Waals surface area contributed by atoms with Crippen molar-refractivity contribution in [1.29, 1.82) is 0 Å². The number of carbonyl (C=O) groups excluding carboxylic acids is 1. The van der Waals surface area contributed by atoms with Crippen molar-refractivity contribution >= 4 is 12.4 Å². The van der Waals surface area contributed by atoms with Crippen LogP contribution < -0.4 is 5.32 Å². The zero-order valence-electron chi connectivity index (χ0n) is 5.63. The normalized spacial score (nSPS) is 10.7. The molecule has 0 atom stereocenters. The first-order chi connectivity index (χ1) is 4.72. The van der Waals surface area contributed by atoms with Crippen molar-refractivity contribution in [2.24, 2.45) is 0 Å². The minimum Gasteiger partial charge on any atom is -0.477 e. The number of amides is 1. The van der Waals surface area contributed by atoms with Gasteiger partial charge >= 0.3 is 5.97 Å². The smallest absolute Gasteiger partial charge is 0.352 e. The zero-order valence-corrected chi connectivity index (χ0v) is 5.63. The Bertz CT molecular complexity index is 162. The van der Waals surface area contributed by atoms with Gasteiger partial charge < -0.3 is 10.4 Å². The highest BCUT2D eigenvalue weighted by atomic mass is 16.4. The van der Waals surface area contributed by atoms with Gasteiger partial charge in [-0.1, -0.05) is 13.0 Å². The average Bonchev–Trinajstić information content (AvgIpc) is 1.87. The summed E-state index contributed by atoms with van der Waals surface area (Å²) in [6.45, 7) is 1.79. The molecule has 0 aromatic carbocycles. The number of hydrogen-bond acceptors (Lipinski definition) is 2. The highest BCUT2D eigenvalue weighted by molar-refractivity contribution is 5.88. The van der Waals surface area contributed by atoms with Crippen LogP contribution in [0, 0.1) is 0 Å². The lowest BCUT2D eigenvalue weighted by atomic mass is 10.3. The molecule has 4 heteroatoms. The standard InChI is InChI=1S/C6H9NO3/c1-2-3-5(6(9)10)7-4-8/h3-4H,2H2,1H3,(H,7,8)(H,9,10). The zero-order chi connectivity index (χ0) is 7.98. The highest BCUT2D eigenvalue weighted by Crippen LogP contribution is 1.89. The Morgan fingerprint density at radius 2 is 2.30 bits per heavy atom. The third kappa shape index (κ3) is 2.86. The van der Waals surface area contributed by atoms with Crippen LogP contribution >= 0.6 is 0 Å². The third-order valence-electron chi connectivity index (χ3n) is 0.853. The fraction of sp³-hybridized carbons (Fsp3) is 0.333. The highest BCUT2D eigenvalue weighted by Gasteiger charge is 2.02. The molecular weight excluding hydrogens is 134 g/mol. The van der Waals surface area contributed by atoms with E-state index in [2.05, 4.69) is 5.32 Å². The van der Waals surface area contributed by atoms with Crippen LogP contribution in [0.5, 0.6) is 0 Å². The van der Waals surface area contributed by atoms with Gasteiger partial charge in [0, 0.05) is 0 Å². The number of allylic oxidation sites excluding steroid dienone is 1. The van der Waals surface area contributed by atoms with Crippen molar-refractivity contribution in [2.45, 2.75) is 13.3 Å². The summed E-state index contributed by atoms with van der Waals surface area (Å²) in [5.41, 5.74) is -0.0718. The van der Waals surface area contributed by atoms with Gasteiger partial charge in [0.05, 0.1) is 0 Å². The molecular formula is C6H9NO3. The van der Waals surface area contributed by atoms with Crippen LogP contribution in [0.1, 0.15) is 13.3 Å². The summed E-state index contributed by atoms with van der Waals surface area (Å²) < 4.78 is 0. The van der Waals surface area contributed by atoms with Crippen molar-refractivity contribution in [3.05, 3.63) is 11.8 Å². The van der Waals surface area contributed by atoms with E-state index in [0.717, 1.165) is 0 Å². The molecule has 56 valence electrons. The number of nitrogens with one attached hydrogen (secondary N) is 1. The molecule has 10 heavy (non-hydrogen) atoms. The van der Waals surface area contributed by atoms with E-state index in [0.29, 0.717) is 12.8 Å². The van der Waals surface area contributed by atoms with Crippen LogP contribution in [0.15, 0.2) is 11.8 Å². The van der Waals surface area contributed by atoms with Gasteiger partial charge in [-0.25, -0.2) is 4.79 Å². The summed E-state index contributed by atoms with van der Waals surface area (Å²) in [4.78, 5) is 20.0. The van der Waals surface area contributed by atoms with E-state index in [9.17, 15) is 9.59 Å². The van der Waals surface area contributed by atoms with Crippen LogP contribution in [-0.4, -0.2) is 17.5 Å². The van der Waals surface area contributed by atoms with Gasteiger partial charge in [-0.05, 0) is 6.42 Å². The summed E-state index contributed by atoms with van der Waals surface area (Å²) in [6, 6.07) is 0. The van der Waals surface area contributed by atoms with Crippen LogP contribution in [0.25, 0.3) is 0 Å². The average molecular weight is 143 g/mol. The number of rotatable bonds is 4. The van der Waals surface area contributed by atoms with E-state index < -0.39 is 5.97 Å². The van der Waals surface area contributed by atoms with E-state index in [1.54, 1.807) is 6.92 Å². The maximum Gasteiger partial charge on any atom is 0.352 e. The van der Waals surface area contributed by atoms with Gasteiger partial charge in [-0.2, -0.15) is 0 Å². The largest absolute Gasteiger partial charge is 0.477 e. The predicted octanol–water partition coefficient (Wildman–Crippen LogP) is 0.111. The van der Waals surface area contributed by atoms with E-state index in [1.807, 2.05) is 0 Å². The third-order valence-corrected chi connectivity index (χ3v) is 0.853. The molecule has 0 aliphatic heterocycles.